The molecule has 0 saturated heterocycles. The summed E-state index contributed by atoms with van der Waals surface area (Å²) >= 11 is 0. The Hall–Kier alpha value is -3.49. The molecule has 0 bridgehead atoms. The van der Waals surface area contributed by atoms with E-state index in [-0.39, 0.29) is 18.4 Å². The minimum atomic E-state index is -0.451. The lowest BCUT2D eigenvalue weighted by Crippen LogP contribution is -2.40. The number of halogens is 1. The fourth-order valence-corrected chi connectivity index (χ4v) is 3.54. The highest BCUT2D eigenvalue weighted by Gasteiger charge is 2.30. The highest BCUT2D eigenvalue weighted by Crippen LogP contribution is 2.30. The first-order valence-electron chi connectivity index (χ1n) is 9.23. The molecular weight excluding hydrogens is 375 g/mol. The van der Waals surface area contributed by atoms with Crippen LogP contribution < -0.4 is 16.3 Å². The number of rotatable bonds is 4. The molecule has 1 atom stereocenters. The van der Waals surface area contributed by atoms with Gasteiger partial charge in [-0.05, 0) is 31.5 Å². The first-order valence-corrected chi connectivity index (χ1v) is 9.23. The minimum absolute atomic E-state index is 0.114. The lowest BCUT2D eigenvalue weighted by molar-refractivity contribution is 0.621. The Bertz CT molecular complexity index is 1270. The number of benzene rings is 1. The largest absolute Gasteiger partial charge is 0.332 e. The van der Waals surface area contributed by atoms with E-state index in [2.05, 4.69) is 16.7 Å². The third-order valence-electron chi connectivity index (χ3n) is 5.22. The highest BCUT2D eigenvalue weighted by molar-refractivity contribution is 5.91. The number of anilines is 1. The molecule has 1 aliphatic rings. The number of hydrazone groups is 1. The Labute approximate surface area is 165 Å². The van der Waals surface area contributed by atoms with Crippen LogP contribution in [0.15, 0.2) is 51.6 Å². The smallest absolute Gasteiger partial charge is 0.294 e. The molecule has 9 heteroatoms. The highest BCUT2D eigenvalue weighted by atomic mass is 19.1. The lowest BCUT2D eigenvalue weighted by atomic mass is 10.2. The maximum absolute atomic E-state index is 13.3. The first kappa shape index (κ1) is 18.9. The molecule has 1 aromatic carbocycles. The molecule has 4 rings (SSSR count). The van der Waals surface area contributed by atoms with Crippen molar-refractivity contribution in [3.05, 3.63) is 69.1 Å². The summed E-state index contributed by atoms with van der Waals surface area (Å²) in [7, 11) is 1.59. The molecule has 1 aliphatic heterocycles. The van der Waals surface area contributed by atoms with Crippen molar-refractivity contribution in [3.8, 4) is 0 Å². The van der Waals surface area contributed by atoms with Crippen LogP contribution in [0.2, 0.25) is 0 Å². The van der Waals surface area contributed by atoms with Gasteiger partial charge in [0.2, 0.25) is 5.95 Å². The van der Waals surface area contributed by atoms with Crippen molar-refractivity contribution in [2.45, 2.75) is 33.0 Å². The van der Waals surface area contributed by atoms with Crippen molar-refractivity contribution < 1.29 is 4.39 Å². The molecule has 2 aromatic heterocycles. The average molecular weight is 396 g/mol. The van der Waals surface area contributed by atoms with Gasteiger partial charge in [-0.1, -0.05) is 18.2 Å². The molecule has 0 aliphatic carbocycles. The molecule has 150 valence electrons. The SMILES string of the molecule is C=CCn1c(=O)c2c(nc3n2[C@H](C)C(C)=NN3Cc2ccc(F)cc2)n(C)c1=O. The monoisotopic (exact) mass is 396 g/mol. The number of hydrogen-bond donors (Lipinski definition) is 0. The van der Waals surface area contributed by atoms with Crippen LogP contribution in [0.4, 0.5) is 10.3 Å². The van der Waals surface area contributed by atoms with E-state index in [1.165, 1.54) is 22.8 Å². The van der Waals surface area contributed by atoms with Crippen LogP contribution >= 0.6 is 0 Å². The summed E-state index contributed by atoms with van der Waals surface area (Å²) in [4.78, 5) is 30.3. The van der Waals surface area contributed by atoms with E-state index in [0.717, 1.165) is 15.8 Å². The number of nitrogens with zero attached hydrogens (tertiary/aromatic N) is 6. The molecule has 0 spiro atoms. The standard InChI is InChI=1S/C20H21FN6O2/c1-5-10-25-18(28)16-17(24(4)20(25)29)22-19-26(23-12(2)13(3)27(16)19)11-14-6-8-15(21)9-7-14/h5-9,13H,1,10-11H2,2-4H3/t13-/m1/s1. The quantitative estimate of drug-likeness (QED) is 0.634. The third kappa shape index (κ3) is 2.89. The number of fused-ring (bicyclic) bond motifs is 3. The van der Waals surface area contributed by atoms with Crippen LogP contribution in [0.3, 0.4) is 0 Å². The molecule has 0 radical (unpaired) electrons. The maximum Gasteiger partial charge on any atom is 0.332 e. The lowest BCUT2D eigenvalue weighted by Gasteiger charge is -2.29. The number of hydrogen-bond acceptors (Lipinski definition) is 5. The summed E-state index contributed by atoms with van der Waals surface area (Å²) in [5.41, 5.74) is 1.42. The van der Waals surface area contributed by atoms with E-state index in [0.29, 0.717) is 23.7 Å². The van der Waals surface area contributed by atoms with Crippen LogP contribution in [-0.2, 0) is 20.1 Å². The van der Waals surface area contributed by atoms with Gasteiger partial charge in [-0.3, -0.25) is 18.5 Å². The van der Waals surface area contributed by atoms with E-state index in [4.69, 9.17) is 0 Å². The molecule has 0 fully saturated rings. The van der Waals surface area contributed by atoms with Crippen molar-refractivity contribution in [2.24, 2.45) is 12.1 Å². The van der Waals surface area contributed by atoms with Gasteiger partial charge in [-0.15, -0.1) is 6.58 Å². The molecule has 0 N–H and O–H groups in total. The zero-order chi connectivity index (χ0) is 20.9. The molecule has 0 saturated carbocycles. The molecule has 8 nitrogen and oxygen atoms in total. The number of aryl methyl sites for hydroxylation is 1. The molecule has 29 heavy (non-hydrogen) atoms. The van der Waals surface area contributed by atoms with Crippen molar-refractivity contribution in [2.75, 3.05) is 5.01 Å². The van der Waals surface area contributed by atoms with E-state index < -0.39 is 11.2 Å². The predicted molar refractivity (Wildman–Crippen MR) is 110 cm³/mol. The maximum atomic E-state index is 13.3. The van der Waals surface area contributed by atoms with Gasteiger partial charge in [-0.25, -0.2) is 14.2 Å². The van der Waals surface area contributed by atoms with Crippen molar-refractivity contribution in [3.63, 3.8) is 0 Å². The van der Waals surface area contributed by atoms with Gasteiger partial charge in [0.25, 0.3) is 5.56 Å². The summed E-state index contributed by atoms with van der Waals surface area (Å²) in [6, 6.07) is 5.93. The van der Waals surface area contributed by atoms with Gasteiger partial charge < -0.3 is 0 Å². The van der Waals surface area contributed by atoms with Gasteiger partial charge in [0, 0.05) is 13.6 Å². The van der Waals surface area contributed by atoms with Gasteiger partial charge in [-0.2, -0.15) is 10.1 Å². The number of aromatic nitrogens is 4. The topological polar surface area (TPSA) is 77.4 Å². The van der Waals surface area contributed by atoms with Crippen LogP contribution in [0.5, 0.6) is 0 Å². The van der Waals surface area contributed by atoms with Crippen LogP contribution in [0.25, 0.3) is 11.2 Å². The molecule has 3 aromatic rings. The summed E-state index contributed by atoms with van der Waals surface area (Å²) in [5, 5.41) is 6.29. The van der Waals surface area contributed by atoms with Crippen molar-refractivity contribution in [1.29, 1.82) is 0 Å². The zero-order valence-corrected chi connectivity index (χ0v) is 16.5. The number of imidazole rings is 1. The Kier molecular flexibility index (Phi) is 4.45. The van der Waals surface area contributed by atoms with Gasteiger partial charge in [0.05, 0.1) is 18.3 Å². The zero-order valence-electron chi connectivity index (χ0n) is 16.5. The van der Waals surface area contributed by atoms with Crippen molar-refractivity contribution >= 4 is 22.8 Å². The van der Waals surface area contributed by atoms with Gasteiger partial charge in [0.15, 0.2) is 11.2 Å². The van der Waals surface area contributed by atoms with Gasteiger partial charge in [0.1, 0.15) is 5.82 Å². The summed E-state index contributed by atoms with van der Waals surface area (Å²) in [6.07, 6.45) is 1.51. The van der Waals surface area contributed by atoms with Crippen molar-refractivity contribution in [1.82, 2.24) is 18.7 Å². The fraction of sp³-hybridized carbons (Fsp3) is 0.300. The van der Waals surface area contributed by atoms with E-state index in [1.54, 1.807) is 24.2 Å². The molecular formula is C20H21FN6O2. The molecule has 0 amide bonds. The fourth-order valence-electron chi connectivity index (χ4n) is 3.54. The molecule has 0 unspecified atom stereocenters. The minimum Gasteiger partial charge on any atom is -0.294 e. The Morgan fingerprint density at radius 3 is 2.59 bits per heavy atom. The van der Waals surface area contributed by atoms with Crippen LogP contribution in [0, 0.1) is 5.82 Å². The first-order chi connectivity index (χ1) is 13.8. The van der Waals surface area contributed by atoms with E-state index in [1.807, 2.05) is 18.4 Å². The summed E-state index contributed by atoms with van der Waals surface area (Å²) in [6.45, 7) is 7.90. The normalized spacial score (nSPS) is 16.1. The Morgan fingerprint density at radius 1 is 1.24 bits per heavy atom. The second-order valence-corrected chi connectivity index (χ2v) is 7.10. The predicted octanol–water partition coefficient (Wildman–Crippen LogP) is 2.18. The average Bonchev–Trinajstić information content (AvgIpc) is 3.10. The Balaban J connectivity index is 1.95. The van der Waals surface area contributed by atoms with E-state index in [9.17, 15) is 14.0 Å². The van der Waals surface area contributed by atoms with Gasteiger partial charge >= 0.3 is 5.69 Å². The second kappa shape index (κ2) is 6.84. The molecule has 3 heterocycles. The summed E-state index contributed by atoms with van der Waals surface area (Å²) in [5.74, 6) is 0.150. The van der Waals surface area contributed by atoms with Crippen LogP contribution in [-0.4, -0.2) is 24.4 Å². The van der Waals surface area contributed by atoms with Crippen LogP contribution in [0.1, 0.15) is 25.5 Å². The Morgan fingerprint density at radius 2 is 1.93 bits per heavy atom. The van der Waals surface area contributed by atoms with E-state index >= 15 is 0 Å². The summed E-state index contributed by atoms with van der Waals surface area (Å²) < 4.78 is 17.6. The third-order valence-corrected chi connectivity index (χ3v) is 5.22. The number of allylic oxidation sites excluding steroid dienone is 1. The second-order valence-electron chi connectivity index (χ2n) is 7.10.